The minimum absolute atomic E-state index is 0.108. The lowest BCUT2D eigenvalue weighted by Gasteiger charge is -2.09. The lowest BCUT2D eigenvalue weighted by Crippen LogP contribution is -2.34. The van der Waals surface area contributed by atoms with Gasteiger partial charge in [-0.25, -0.2) is 13.1 Å². The molecule has 0 amide bonds. The minimum Gasteiger partial charge on any atom is -0.313 e. The largest absolute Gasteiger partial charge is 0.313 e. The molecule has 0 radical (unpaired) electrons. The first-order chi connectivity index (χ1) is 8.39. The van der Waals surface area contributed by atoms with Crippen LogP contribution < -0.4 is 10.0 Å². The molecule has 2 N–H and O–H groups in total. The van der Waals surface area contributed by atoms with Gasteiger partial charge in [-0.1, -0.05) is 43.7 Å². The molecule has 1 rings (SSSR count). The summed E-state index contributed by atoms with van der Waals surface area (Å²) < 4.78 is 26.0. The van der Waals surface area contributed by atoms with Crippen molar-refractivity contribution in [3.8, 4) is 0 Å². The Hall–Kier alpha value is -0.910. The molecule has 4 nitrogen and oxygen atoms in total. The first-order valence-electron chi connectivity index (χ1n) is 6.15. The van der Waals surface area contributed by atoms with Crippen LogP contribution >= 0.6 is 0 Å². The van der Waals surface area contributed by atoms with E-state index in [9.17, 15) is 8.42 Å². The zero-order chi connectivity index (χ0) is 13.6. The molecule has 18 heavy (non-hydrogen) atoms. The average Bonchev–Trinajstić information content (AvgIpc) is 2.27. The van der Waals surface area contributed by atoms with Crippen LogP contribution in [0.5, 0.6) is 0 Å². The topological polar surface area (TPSA) is 58.2 Å². The number of rotatable bonds is 7. The molecule has 0 aromatic heterocycles. The molecule has 102 valence electrons. The highest BCUT2D eigenvalue weighted by Crippen LogP contribution is 2.03. The number of benzene rings is 1. The zero-order valence-corrected chi connectivity index (χ0v) is 12.0. The van der Waals surface area contributed by atoms with E-state index >= 15 is 0 Å². The van der Waals surface area contributed by atoms with Crippen LogP contribution in [0.25, 0.3) is 0 Å². The third-order valence-corrected chi connectivity index (χ3v) is 3.87. The van der Waals surface area contributed by atoms with Crippen molar-refractivity contribution in [1.82, 2.24) is 10.0 Å². The van der Waals surface area contributed by atoms with Gasteiger partial charge in [-0.3, -0.25) is 0 Å². The van der Waals surface area contributed by atoms with Crippen molar-refractivity contribution in [2.75, 3.05) is 12.3 Å². The Morgan fingerprint density at radius 3 is 2.33 bits per heavy atom. The number of hydrogen-bond acceptors (Lipinski definition) is 3. The SMILES string of the molecule is Cc1ccc(CNS(=O)(=O)CCNC(C)C)cc1. The molecular weight excluding hydrogens is 248 g/mol. The maximum absolute atomic E-state index is 11.7. The van der Waals surface area contributed by atoms with E-state index in [0.29, 0.717) is 19.1 Å². The van der Waals surface area contributed by atoms with Gasteiger partial charge in [0.2, 0.25) is 10.0 Å². The zero-order valence-electron chi connectivity index (χ0n) is 11.2. The third kappa shape index (κ3) is 6.14. The van der Waals surface area contributed by atoms with Crippen LogP contribution in [0, 0.1) is 6.92 Å². The van der Waals surface area contributed by atoms with Crippen molar-refractivity contribution in [2.24, 2.45) is 0 Å². The molecule has 1 aromatic rings. The fourth-order valence-electron chi connectivity index (χ4n) is 1.45. The predicted molar refractivity (Wildman–Crippen MR) is 74.9 cm³/mol. The molecule has 0 aliphatic rings. The molecule has 0 aliphatic heterocycles. The smallest absolute Gasteiger partial charge is 0.213 e. The second kappa shape index (κ2) is 6.87. The molecule has 0 spiro atoms. The summed E-state index contributed by atoms with van der Waals surface area (Å²) in [7, 11) is -3.20. The van der Waals surface area contributed by atoms with E-state index < -0.39 is 10.0 Å². The van der Waals surface area contributed by atoms with Gasteiger partial charge in [-0.05, 0) is 12.5 Å². The number of sulfonamides is 1. The lowest BCUT2D eigenvalue weighted by molar-refractivity contribution is 0.566. The minimum atomic E-state index is -3.20. The van der Waals surface area contributed by atoms with Gasteiger partial charge >= 0.3 is 0 Å². The summed E-state index contributed by atoms with van der Waals surface area (Å²) in [5, 5.41) is 3.09. The summed E-state index contributed by atoms with van der Waals surface area (Å²) in [4.78, 5) is 0. The highest BCUT2D eigenvalue weighted by molar-refractivity contribution is 7.89. The van der Waals surface area contributed by atoms with Crippen molar-refractivity contribution in [1.29, 1.82) is 0 Å². The second-order valence-corrected chi connectivity index (χ2v) is 6.66. The van der Waals surface area contributed by atoms with Gasteiger partial charge in [-0.2, -0.15) is 0 Å². The van der Waals surface area contributed by atoms with Gasteiger partial charge < -0.3 is 5.32 Å². The fraction of sp³-hybridized carbons (Fsp3) is 0.538. The third-order valence-electron chi connectivity index (χ3n) is 2.54. The van der Waals surface area contributed by atoms with Gasteiger partial charge in [0, 0.05) is 19.1 Å². The number of hydrogen-bond donors (Lipinski definition) is 2. The Balaban J connectivity index is 2.39. The fourth-order valence-corrected chi connectivity index (χ4v) is 2.37. The average molecular weight is 270 g/mol. The van der Waals surface area contributed by atoms with E-state index in [1.807, 2.05) is 45.0 Å². The Morgan fingerprint density at radius 1 is 1.17 bits per heavy atom. The van der Waals surface area contributed by atoms with Crippen LogP contribution in [0.15, 0.2) is 24.3 Å². The Bertz CT molecular complexity index is 452. The molecule has 0 unspecified atom stereocenters. The predicted octanol–water partition coefficient (Wildman–Crippen LogP) is 1.41. The van der Waals surface area contributed by atoms with Crippen LogP contribution in [-0.4, -0.2) is 26.8 Å². The first kappa shape index (κ1) is 15.1. The Labute approximate surface area is 110 Å². The van der Waals surface area contributed by atoms with Gasteiger partial charge in [-0.15, -0.1) is 0 Å². The van der Waals surface area contributed by atoms with Gasteiger partial charge in [0.25, 0.3) is 0 Å². The van der Waals surface area contributed by atoms with E-state index in [-0.39, 0.29) is 5.75 Å². The standard InChI is InChI=1S/C13H22N2O2S/c1-11(2)14-8-9-18(16,17)15-10-13-6-4-12(3)5-7-13/h4-7,11,14-15H,8-10H2,1-3H3. The molecule has 0 fully saturated rings. The number of aryl methyl sites for hydroxylation is 1. The summed E-state index contributed by atoms with van der Waals surface area (Å²) in [6.45, 7) is 6.81. The molecule has 5 heteroatoms. The number of nitrogens with one attached hydrogen (secondary N) is 2. The highest BCUT2D eigenvalue weighted by atomic mass is 32.2. The lowest BCUT2D eigenvalue weighted by atomic mass is 10.2. The van der Waals surface area contributed by atoms with Crippen LogP contribution in [0.1, 0.15) is 25.0 Å². The molecule has 0 atom stereocenters. The van der Waals surface area contributed by atoms with Crippen molar-refractivity contribution in [3.63, 3.8) is 0 Å². The van der Waals surface area contributed by atoms with Crippen LogP contribution in [0.4, 0.5) is 0 Å². The van der Waals surface area contributed by atoms with Crippen molar-refractivity contribution in [3.05, 3.63) is 35.4 Å². The molecule has 0 heterocycles. The van der Waals surface area contributed by atoms with Gasteiger partial charge in [0.1, 0.15) is 0 Å². The summed E-state index contributed by atoms with van der Waals surface area (Å²) >= 11 is 0. The maximum atomic E-state index is 11.7. The summed E-state index contributed by atoms with van der Waals surface area (Å²) in [5.74, 6) is 0.108. The Morgan fingerprint density at radius 2 is 1.78 bits per heavy atom. The summed E-state index contributed by atoms with van der Waals surface area (Å²) in [6, 6.07) is 8.12. The van der Waals surface area contributed by atoms with Crippen LogP contribution in [0.2, 0.25) is 0 Å². The molecule has 0 aliphatic carbocycles. The second-order valence-electron chi connectivity index (χ2n) is 4.73. The summed E-state index contributed by atoms with van der Waals surface area (Å²) in [5.41, 5.74) is 2.14. The van der Waals surface area contributed by atoms with Crippen molar-refractivity contribution in [2.45, 2.75) is 33.4 Å². The quantitative estimate of drug-likeness (QED) is 0.787. The van der Waals surface area contributed by atoms with Crippen LogP contribution in [0.3, 0.4) is 0 Å². The van der Waals surface area contributed by atoms with E-state index in [2.05, 4.69) is 10.0 Å². The molecule has 0 saturated carbocycles. The van der Waals surface area contributed by atoms with E-state index in [1.54, 1.807) is 0 Å². The Kier molecular flexibility index (Phi) is 5.78. The molecule has 0 saturated heterocycles. The van der Waals surface area contributed by atoms with Crippen molar-refractivity contribution < 1.29 is 8.42 Å². The monoisotopic (exact) mass is 270 g/mol. The van der Waals surface area contributed by atoms with Gasteiger partial charge in [0.05, 0.1) is 5.75 Å². The van der Waals surface area contributed by atoms with E-state index in [1.165, 1.54) is 5.56 Å². The maximum Gasteiger partial charge on any atom is 0.213 e. The molecular formula is C13H22N2O2S. The van der Waals surface area contributed by atoms with E-state index in [4.69, 9.17) is 0 Å². The summed E-state index contributed by atoms with van der Waals surface area (Å²) in [6.07, 6.45) is 0. The van der Waals surface area contributed by atoms with Crippen LogP contribution in [-0.2, 0) is 16.6 Å². The highest BCUT2D eigenvalue weighted by Gasteiger charge is 2.09. The molecule has 0 bridgehead atoms. The van der Waals surface area contributed by atoms with E-state index in [0.717, 1.165) is 5.56 Å². The normalized spacial score (nSPS) is 12.0. The molecule has 1 aromatic carbocycles. The van der Waals surface area contributed by atoms with Gasteiger partial charge in [0.15, 0.2) is 0 Å². The van der Waals surface area contributed by atoms with Crippen molar-refractivity contribution >= 4 is 10.0 Å². The first-order valence-corrected chi connectivity index (χ1v) is 7.80.